The Hall–Kier alpha value is -1.26. The molecule has 0 heterocycles. The second-order valence-corrected chi connectivity index (χ2v) is 6.54. The van der Waals surface area contributed by atoms with Gasteiger partial charge in [-0.3, -0.25) is 4.79 Å². The van der Waals surface area contributed by atoms with Gasteiger partial charge in [-0.2, -0.15) is 0 Å². The molecule has 5 nitrogen and oxygen atoms in total. The summed E-state index contributed by atoms with van der Waals surface area (Å²) < 4.78 is 0. The molecule has 2 fully saturated rings. The first-order chi connectivity index (χ1) is 9.47. The van der Waals surface area contributed by atoms with Crippen LogP contribution in [0.1, 0.15) is 52.4 Å². The Balaban J connectivity index is 1.86. The first-order valence-corrected chi connectivity index (χ1v) is 7.77. The molecule has 0 aliphatic heterocycles. The third kappa shape index (κ3) is 4.12. The highest BCUT2D eigenvalue weighted by Crippen LogP contribution is 2.30. The van der Waals surface area contributed by atoms with E-state index in [0.29, 0.717) is 12.3 Å². The van der Waals surface area contributed by atoms with Gasteiger partial charge in [0.1, 0.15) is 0 Å². The fourth-order valence-electron chi connectivity index (χ4n) is 2.91. The molecule has 0 spiro atoms. The summed E-state index contributed by atoms with van der Waals surface area (Å²) in [4.78, 5) is 25.3. The standard InChI is InChI=1S/C15H26N2O3/c1-10(2)17(9-11-6-7-11)15(20)16-13-5-3-4-12(8-13)14(18)19/h10-13H,3-9H2,1-2H3,(H,16,20)(H,18,19). The van der Waals surface area contributed by atoms with Crippen molar-refractivity contribution in [3.8, 4) is 0 Å². The number of carboxylic acids is 1. The lowest BCUT2D eigenvalue weighted by atomic mass is 9.86. The number of carbonyl (C=O) groups excluding carboxylic acids is 1. The topological polar surface area (TPSA) is 69.6 Å². The number of carboxylic acid groups (broad SMARTS) is 1. The Labute approximate surface area is 120 Å². The van der Waals surface area contributed by atoms with Gasteiger partial charge in [-0.25, -0.2) is 4.79 Å². The zero-order valence-electron chi connectivity index (χ0n) is 12.5. The molecule has 2 N–H and O–H groups in total. The van der Waals surface area contributed by atoms with E-state index in [4.69, 9.17) is 5.11 Å². The quantitative estimate of drug-likeness (QED) is 0.813. The zero-order valence-corrected chi connectivity index (χ0v) is 12.5. The van der Waals surface area contributed by atoms with Gasteiger partial charge in [-0.15, -0.1) is 0 Å². The number of nitrogens with zero attached hydrogens (tertiary/aromatic N) is 1. The van der Waals surface area contributed by atoms with Gasteiger partial charge in [0, 0.05) is 18.6 Å². The fraction of sp³-hybridized carbons (Fsp3) is 0.867. The van der Waals surface area contributed by atoms with Crippen molar-refractivity contribution < 1.29 is 14.7 Å². The number of carbonyl (C=O) groups is 2. The molecule has 2 unspecified atom stereocenters. The molecule has 0 saturated heterocycles. The summed E-state index contributed by atoms with van der Waals surface area (Å²) in [5.74, 6) is -0.367. The molecule has 2 amide bonds. The number of hydrogen-bond acceptors (Lipinski definition) is 2. The Morgan fingerprint density at radius 2 is 1.95 bits per heavy atom. The van der Waals surface area contributed by atoms with Crippen LogP contribution in [0, 0.1) is 11.8 Å². The molecular weight excluding hydrogens is 256 g/mol. The van der Waals surface area contributed by atoms with Crippen molar-refractivity contribution in [2.75, 3.05) is 6.54 Å². The van der Waals surface area contributed by atoms with Crippen LogP contribution in [0.2, 0.25) is 0 Å². The lowest BCUT2D eigenvalue weighted by Gasteiger charge is -2.32. The maximum absolute atomic E-state index is 12.4. The molecular formula is C15H26N2O3. The van der Waals surface area contributed by atoms with Gasteiger partial charge in [-0.05, 0) is 51.9 Å². The predicted octanol–water partition coefficient (Wildman–Crippen LogP) is 2.46. The normalized spacial score (nSPS) is 26.4. The van der Waals surface area contributed by atoms with Crippen LogP contribution in [-0.4, -0.2) is 40.6 Å². The van der Waals surface area contributed by atoms with Crippen LogP contribution in [0.4, 0.5) is 4.79 Å². The average Bonchev–Trinajstić information content (AvgIpc) is 3.19. The van der Waals surface area contributed by atoms with E-state index in [0.717, 1.165) is 25.8 Å². The molecule has 2 atom stereocenters. The van der Waals surface area contributed by atoms with Crippen molar-refractivity contribution >= 4 is 12.0 Å². The summed E-state index contributed by atoms with van der Waals surface area (Å²) >= 11 is 0. The van der Waals surface area contributed by atoms with Crippen LogP contribution in [0.25, 0.3) is 0 Å². The number of rotatable bonds is 5. The van der Waals surface area contributed by atoms with E-state index in [1.54, 1.807) is 0 Å². The van der Waals surface area contributed by atoms with Crippen molar-refractivity contribution in [2.45, 2.75) is 64.5 Å². The summed E-state index contributed by atoms with van der Waals surface area (Å²) in [5.41, 5.74) is 0. The number of hydrogen-bond donors (Lipinski definition) is 2. The van der Waals surface area contributed by atoms with E-state index >= 15 is 0 Å². The minimum atomic E-state index is -0.734. The summed E-state index contributed by atoms with van der Waals surface area (Å²) in [6.07, 6.45) is 5.52. The maximum Gasteiger partial charge on any atom is 0.317 e. The monoisotopic (exact) mass is 282 g/mol. The number of aliphatic carboxylic acids is 1. The fourth-order valence-corrected chi connectivity index (χ4v) is 2.91. The summed E-state index contributed by atoms with van der Waals surface area (Å²) in [6.45, 7) is 4.89. The number of amides is 2. The van der Waals surface area contributed by atoms with Crippen molar-refractivity contribution in [1.29, 1.82) is 0 Å². The minimum Gasteiger partial charge on any atom is -0.481 e. The molecule has 2 aliphatic rings. The summed E-state index contributed by atoms with van der Waals surface area (Å²) in [5, 5.41) is 12.1. The van der Waals surface area contributed by atoms with Crippen LogP contribution < -0.4 is 5.32 Å². The molecule has 114 valence electrons. The number of urea groups is 1. The predicted molar refractivity (Wildman–Crippen MR) is 76.5 cm³/mol. The molecule has 20 heavy (non-hydrogen) atoms. The minimum absolute atomic E-state index is 0.0119. The van der Waals surface area contributed by atoms with Gasteiger partial charge >= 0.3 is 12.0 Å². The third-order valence-corrected chi connectivity index (χ3v) is 4.39. The molecule has 2 rings (SSSR count). The lowest BCUT2D eigenvalue weighted by molar-refractivity contribution is -0.143. The Morgan fingerprint density at radius 3 is 2.50 bits per heavy atom. The second-order valence-electron chi connectivity index (χ2n) is 6.54. The smallest absolute Gasteiger partial charge is 0.317 e. The molecule has 2 aliphatic carbocycles. The summed E-state index contributed by atoms with van der Waals surface area (Å²) in [7, 11) is 0. The van der Waals surface area contributed by atoms with Crippen LogP contribution in [0.3, 0.4) is 0 Å². The van der Waals surface area contributed by atoms with Gasteiger partial charge in [0.05, 0.1) is 5.92 Å². The van der Waals surface area contributed by atoms with Crippen LogP contribution in [0.5, 0.6) is 0 Å². The highest BCUT2D eigenvalue weighted by Gasteiger charge is 2.31. The molecule has 0 aromatic rings. The van der Waals surface area contributed by atoms with Gasteiger partial charge in [-0.1, -0.05) is 6.42 Å². The second kappa shape index (κ2) is 6.46. The largest absolute Gasteiger partial charge is 0.481 e. The van der Waals surface area contributed by atoms with E-state index < -0.39 is 5.97 Å². The average molecular weight is 282 g/mol. The molecule has 0 radical (unpaired) electrons. The number of nitrogens with one attached hydrogen (secondary N) is 1. The first kappa shape index (κ1) is 15.1. The van der Waals surface area contributed by atoms with Gasteiger partial charge in [0.2, 0.25) is 0 Å². The van der Waals surface area contributed by atoms with Crippen molar-refractivity contribution in [1.82, 2.24) is 10.2 Å². The Morgan fingerprint density at radius 1 is 1.25 bits per heavy atom. The zero-order chi connectivity index (χ0) is 14.7. The molecule has 0 aromatic heterocycles. The molecule has 5 heteroatoms. The van der Waals surface area contributed by atoms with Crippen molar-refractivity contribution in [2.24, 2.45) is 11.8 Å². The van der Waals surface area contributed by atoms with E-state index in [-0.39, 0.29) is 24.0 Å². The van der Waals surface area contributed by atoms with Crippen LogP contribution in [0.15, 0.2) is 0 Å². The molecule has 0 bridgehead atoms. The molecule has 0 aromatic carbocycles. The van der Waals surface area contributed by atoms with Gasteiger partial charge < -0.3 is 15.3 Å². The molecule has 2 saturated carbocycles. The van der Waals surface area contributed by atoms with Gasteiger partial charge in [0.25, 0.3) is 0 Å². The van der Waals surface area contributed by atoms with E-state index in [2.05, 4.69) is 5.32 Å². The highest BCUT2D eigenvalue weighted by atomic mass is 16.4. The van der Waals surface area contributed by atoms with E-state index in [9.17, 15) is 9.59 Å². The first-order valence-electron chi connectivity index (χ1n) is 7.77. The van der Waals surface area contributed by atoms with Crippen LogP contribution in [-0.2, 0) is 4.79 Å². The van der Waals surface area contributed by atoms with Crippen molar-refractivity contribution in [3.63, 3.8) is 0 Å². The van der Waals surface area contributed by atoms with E-state index in [1.165, 1.54) is 12.8 Å². The third-order valence-electron chi connectivity index (χ3n) is 4.39. The Bertz CT molecular complexity index is 366. The Kier molecular flexibility index (Phi) is 4.89. The lowest BCUT2D eigenvalue weighted by Crippen LogP contribution is -2.49. The van der Waals surface area contributed by atoms with Crippen LogP contribution >= 0.6 is 0 Å². The SMILES string of the molecule is CC(C)N(CC1CC1)C(=O)NC1CCCC(C(=O)O)C1. The van der Waals surface area contributed by atoms with E-state index in [1.807, 2.05) is 18.7 Å². The summed E-state index contributed by atoms with van der Waals surface area (Å²) in [6, 6.07) is 0.176. The van der Waals surface area contributed by atoms with Gasteiger partial charge in [0.15, 0.2) is 0 Å². The highest BCUT2D eigenvalue weighted by molar-refractivity contribution is 5.75. The maximum atomic E-state index is 12.4. The van der Waals surface area contributed by atoms with Crippen molar-refractivity contribution in [3.05, 3.63) is 0 Å².